The van der Waals surface area contributed by atoms with E-state index < -0.39 is 0 Å². The van der Waals surface area contributed by atoms with Crippen molar-refractivity contribution in [2.75, 3.05) is 48.6 Å². The van der Waals surface area contributed by atoms with Gasteiger partial charge in [0.1, 0.15) is 0 Å². The van der Waals surface area contributed by atoms with Crippen LogP contribution in [0.2, 0.25) is 0 Å². The molecule has 0 bridgehead atoms. The highest BCUT2D eigenvalue weighted by atomic mass is 16.5. The third-order valence-electron chi connectivity index (χ3n) is 5.13. The van der Waals surface area contributed by atoms with Crippen molar-refractivity contribution in [1.82, 2.24) is 4.90 Å². The SMILES string of the molecule is COc1ccc(CCN(C)CCCCC(=O)c2ccc(OC)c(OC)c2)cc1OC. The number of benzene rings is 2. The molecule has 0 aromatic heterocycles. The molecule has 2 rings (SSSR count). The van der Waals surface area contributed by atoms with Crippen LogP contribution in [0.15, 0.2) is 36.4 Å². The van der Waals surface area contributed by atoms with Gasteiger partial charge in [-0.05, 0) is 68.8 Å². The number of rotatable bonds is 13. The van der Waals surface area contributed by atoms with E-state index >= 15 is 0 Å². The second-order valence-electron chi connectivity index (χ2n) is 7.19. The molecule has 0 atom stereocenters. The van der Waals surface area contributed by atoms with Crippen molar-refractivity contribution in [3.05, 3.63) is 47.5 Å². The highest BCUT2D eigenvalue weighted by Crippen LogP contribution is 2.29. The molecule has 0 unspecified atom stereocenters. The number of methoxy groups -OCH3 is 4. The Bertz CT molecular complexity index is 821. The van der Waals surface area contributed by atoms with Crippen molar-refractivity contribution in [3.8, 4) is 23.0 Å². The largest absolute Gasteiger partial charge is 0.493 e. The molecule has 0 fully saturated rings. The molecular formula is C24H33NO5. The van der Waals surface area contributed by atoms with Crippen LogP contribution in [0.4, 0.5) is 0 Å². The van der Waals surface area contributed by atoms with Gasteiger partial charge in [-0.3, -0.25) is 4.79 Å². The predicted molar refractivity (Wildman–Crippen MR) is 118 cm³/mol. The van der Waals surface area contributed by atoms with Crippen LogP contribution in [0.25, 0.3) is 0 Å². The Morgan fingerprint density at radius 1 is 0.767 bits per heavy atom. The third kappa shape index (κ3) is 6.66. The highest BCUT2D eigenvalue weighted by molar-refractivity contribution is 5.96. The summed E-state index contributed by atoms with van der Waals surface area (Å²) in [5.41, 5.74) is 1.87. The molecule has 0 amide bonds. The number of carbonyl (C=O) groups is 1. The summed E-state index contributed by atoms with van der Waals surface area (Å²) in [6.45, 7) is 1.89. The normalized spacial score (nSPS) is 10.7. The van der Waals surface area contributed by atoms with E-state index in [9.17, 15) is 4.79 Å². The maximum Gasteiger partial charge on any atom is 0.163 e. The first-order chi connectivity index (χ1) is 14.5. The van der Waals surface area contributed by atoms with Gasteiger partial charge in [-0.1, -0.05) is 6.07 Å². The summed E-state index contributed by atoms with van der Waals surface area (Å²) in [7, 11) is 8.56. The highest BCUT2D eigenvalue weighted by Gasteiger charge is 2.11. The molecule has 0 radical (unpaired) electrons. The Kier molecular flexibility index (Phi) is 9.48. The number of unbranched alkanes of at least 4 members (excludes halogenated alkanes) is 1. The number of carbonyl (C=O) groups excluding carboxylic acids is 1. The second kappa shape index (κ2) is 12.1. The van der Waals surface area contributed by atoms with Crippen molar-refractivity contribution in [2.24, 2.45) is 0 Å². The molecule has 6 nitrogen and oxygen atoms in total. The average Bonchev–Trinajstić information content (AvgIpc) is 2.79. The summed E-state index contributed by atoms with van der Waals surface area (Å²) in [5.74, 6) is 2.84. The fraction of sp³-hybridized carbons (Fsp3) is 0.458. The summed E-state index contributed by atoms with van der Waals surface area (Å²) in [6.07, 6.45) is 3.29. The lowest BCUT2D eigenvalue weighted by molar-refractivity contribution is 0.0978. The molecule has 0 saturated heterocycles. The zero-order chi connectivity index (χ0) is 21.9. The molecule has 2 aromatic carbocycles. The molecule has 0 aliphatic carbocycles. The molecule has 0 saturated carbocycles. The van der Waals surface area contributed by atoms with E-state index in [-0.39, 0.29) is 5.78 Å². The quantitative estimate of drug-likeness (QED) is 0.360. The lowest BCUT2D eigenvalue weighted by atomic mass is 10.0. The average molecular weight is 416 g/mol. The predicted octanol–water partition coefficient (Wildman–Crippen LogP) is 4.25. The van der Waals surface area contributed by atoms with Crippen molar-refractivity contribution >= 4 is 5.78 Å². The molecule has 0 N–H and O–H groups in total. The van der Waals surface area contributed by atoms with Crippen LogP contribution in [0.3, 0.4) is 0 Å². The first-order valence-electron chi connectivity index (χ1n) is 10.2. The van der Waals surface area contributed by atoms with Gasteiger partial charge >= 0.3 is 0 Å². The minimum atomic E-state index is 0.129. The minimum absolute atomic E-state index is 0.129. The van der Waals surface area contributed by atoms with Crippen LogP contribution >= 0.6 is 0 Å². The van der Waals surface area contributed by atoms with Crippen LogP contribution in [0, 0.1) is 0 Å². The Morgan fingerprint density at radius 3 is 2.00 bits per heavy atom. The Morgan fingerprint density at radius 2 is 1.37 bits per heavy atom. The van der Waals surface area contributed by atoms with Crippen LogP contribution < -0.4 is 18.9 Å². The first kappa shape index (κ1) is 23.5. The van der Waals surface area contributed by atoms with E-state index in [1.54, 1.807) is 46.6 Å². The van der Waals surface area contributed by atoms with Gasteiger partial charge < -0.3 is 23.8 Å². The van der Waals surface area contributed by atoms with E-state index in [2.05, 4.69) is 18.0 Å². The molecule has 0 heterocycles. The first-order valence-corrected chi connectivity index (χ1v) is 10.2. The lowest BCUT2D eigenvalue weighted by Crippen LogP contribution is -2.22. The van der Waals surface area contributed by atoms with E-state index in [4.69, 9.17) is 18.9 Å². The summed E-state index contributed by atoms with van der Waals surface area (Å²) in [4.78, 5) is 14.7. The van der Waals surface area contributed by atoms with Crippen LogP contribution in [-0.2, 0) is 6.42 Å². The molecule has 30 heavy (non-hydrogen) atoms. The topological polar surface area (TPSA) is 57.2 Å². The van der Waals surface area contributed by atoms with Gasteiger partial charge in [-0.25, -0.2) is 0 Å². The minimum Gasteiger partial charge on any atom is -0.493 e. The standard InChI is InChI=1S/C24H33NO5/c1-25(15-13-18-9-11-21(27-2)23(16-18)29-4)14-7-6-8-20(26)19-10-12-22(28-3)24(17-19)30-5/h9-12,16-17H,6-8,13-15H2,1-5H3. The van der Waals surface area contributed by atoms with E-state index in [0.29, 0.717) is 23.5 Å². The smallest absolute Gasteiger partial charge is 0.163 e. The second-order valence-corrected chi connectivity index (χ2v) is 7.19. The molecule has 164 valence electrons. The van der Waals surface area contributed by atoms with Crippen molar-refractivity contribution in [1.29, 1.82) is 0 Å². The van der Waals surface area contributed by atoms with Crippen LogP contribution in [0.5, 0.6) is 23.0 Å². The van der Waals surface area contributed by atoms with Crippen molar-refractivity contribution in [2.45, 2.75) is 25.7 Å². The maximum absolute atomic E-state index is 12.4. The number of ether oxygens (including phenoxy) is 4. The van der Waals surface area contributed by atoms with E-state index in [1.807, 2.05) is 12.1 Å². The molecule has 0 aliphatic rings. The Hall–Kier alpha value is -2.73. The van der Waals surface area contributed by atoms with Crippen molar-refractivity contribution in [3.63, 3.8) is 0 Å². The lowest BCUT2D eigenvalue weighted by Gasteiger charge is -2.17. The summed E-state index contributed by atoms with van der Waals surface area (Å²) >= 11 is 0. The van der Waals surface area contributed by atoms with Crippen LogP contribution in [0.1, 0.15) is 35.2 Å². The van der Waals surface area contributed by atoms with Gasteiger partial charge in [-0.2, -0.15) is 0 Å². The number of ketones is 1. The van der Waals surface area contributed by atoms with Gasteiger partial charge in [0, 0.05) is 18.5 Å². The van der Waals surface area contributed by atoms with Gasteiger partial charge in [0.05, 0.1) is 28.4 Å². The number of Topliss-reactive ketones (excluding diaryl/α,β-unsaturated/α-hetero) is 1. The van der Waals surface area contributed by atoms with Crippen LogP contribution in [-0.4, -0.2) is 59.3 Å². The Balaban J connectivity index is 1.73. The molecule has 2 aromatic rings. The zero-order valence-electron chi connectivity index (χ0n) is 18.7. The monoisotopic (exact) mass is 415 g/mol. The number of likely N-dealkylation sites (N-methyl/N-ethyl adjacent to an activating group) is 1. The van der Waals surface area contributed by atoms with Gasteiger partial charge in [0.25, 0.3) is 0 Å². The summed E-state index contributed by atoms with van der Waals surface area (Å²) in [5, 5.41) is 0. The van der Waals surface area contributed by atoms with Crippen molar-refractivity contribution < 1.29 is 23.7 Å². The third-order valence-corrected chi connectivity index (χ3v) is 5.13. The van der Waals surface area contributed by atoms with Gasteiger partial charge in [0.2, 0.25) is 0 Å². The fourth-order valence-corrected chi connectivity index (χ4v) is 3.29. The number of nitrogens with zero attached hydrogens (tertiary/aromatic N) is 1. The Labute approximate surface area is 179 Å². The van der Waals surface area contributed by atoms with Gasteiger partial charge in [-0.15, -0.1) is 0 Å². The molecule has 0 aliphatic heterocycles. The number of hydrogen-bond acceptors (Lipinski definition) is 6. The van der Waals surface area contributed by atoms with E-state index in [1.165, 1.54) is 5.56 Å². The number of hydrogen-bond donors (Lipinski definition) is 0. The summed E-state index contributed by atoms with van der Waals surface area (Å²) < 4.78 is 21.1. The molecule has 6 heteroatoms. The van der Waals surface area contributed by atoms with Gasteiger partial charge in [0.15, 0.2) is 28.8 Å². The van der Waals surface area contributed by atoms with E-state index in [0.717, 1.165) is 43.9 Å². The fourth-order valence-electron chi connectivity index (χ4n) is 3.29. The molecular weight excluding hydrogens is 382 g/mol. The summed E-state index contributed by atoms with van der Waals surface area (Å²) in [6, 6.07) is 11.3. The maximum atomic E-state index is 12.4. The molecule has 0 spiro atoms. The zero-order valence-corrected chi connectivity index (χ0v) is 18.7.